The Hall–Kier alpha value is -3.05. The van der Waals surface area contributed by atoms with Crippen LogP contribution in [-0.2, 0) is 4.74 Å². The van der Waals surface area contributed by atoms with Gasteiger partial charge in [0.05, 0.1) is 18.3 Å². The van der Waals surface area contributed by atoms with E-state index in [-0.39, 0.29) is 18.2 Å². The second-order valence-corrected chi connectivity index (χ2v) is 7.82. The van der Waals surface area contributed by atoms with Gasteiger partial charge in [-0.3, -0.25) is 4.79 Å². The molecule has 1 saturated heterocycles. The van der Waals surface area contributed by atoms with Gasteiger partial charge in [0.1, 0.15) is 11.9 Å². The molecule has 0 spiro atoms. The smallest absolute Gasteiger partial charge is 0.257 e. The molecule has 154 valence electrons. The van der Waals surface area contributed by atoms with Gasteiger partial charge in [-0.25, -0.2) is 0 Å². The van der Waals surface area contributed by atoms with Crippen molar-refractivity contribution in [1.82, 2.24) is 4.90 Å². The van der Waals surface area contributed by atoms with Crippen LogP contribution in [0.4, 0.5) is 5.69 Å². The van der Waals surface area contributed by atoms with Crippen molar-refractivity contribution < 1.29 is 14.3 Å². The van der Waals surface area contributed by atoms with Gasteiger partial charge in [-0.1, -0.05) is 42.5 Å². The van der Waals surface area contributed by atoms with E-state index in [2.05, 4.69) is 23.5 Å². The Morgan fingerprint density at radius 3 is 2.77 bits per heavy atom. The summed E-state index contributed by atoms with van der Waals surface area (Å²) in [6, 6.07) is 20.1. The summed E-state index contributed by atoms with van der Waals surface area (Å²) in [5, 5.41) is 5.84. The summed E-state index contributed by atoms with van der Waals surface area (Å²) in [6.45, 7) is 3.87. The van der Waals surface area contributed by atoms with Gasteiger partial charge in [0, 0.05) is 24.4 Å². The van der Waals surface area contributed by atoms with Gasteiger partial charge >= 0.3 is 0 Å². The fourth-order valence-corrected chi connectivity index (χ4v) is 4.56. The number of nitrogens with zero attached hydrogens (tertiary/aromatic N) is 1. The lowest BCUT2D eigenvalue weighted by molar-refractivity contribution is 0.0425. The number of nitrogens with one attached hydrogen (secondary N) is 1. The molecule has 5 rings (SSSR count). The maximum absolute atomic E-state index is 13.6. The number of para-hydroxylation sites is 1. The first-order chi connectivity index (χ1) is 14.8. The fourth-order valence-electron chi connectivity index (χ4n) is 4.56. The molecule has 0 radical (unpaired) electrons. The molecule has 2 atom stereocenters. The molecular formula is C25H26N2O3. The van der Waals surface area contributed by atoms with Crippen molar-refractivity contribution in [1.29, 1.82) is 0 Å². The van der Waals surface area contributed by atoms with E-state index in [1.807, 2.05) is 54.3 Å². The highest BCUT2D eigenvalue weighted by Gasteiger charge is 2.37. The molecule has 1 fully saturated rings. The molecule has 0 bridgehead atoms. The van der Waals surface area contributed by atoms with Crippen LogP contribution >= 0.6 is 0 Å². The van der Waals surface area contributed by atoms with E-state index < -0.39 is 0 Å². The molecule has 3 aromatic rings. The molecule has 2 aliphatic rings. The summed E-state index contributed by atoms with van der Waals surface area (Å²) in [6.07, 6.45) is 1.75. The molecule has 2 unspecified atom stereocenters. The Kier molecular flexibility index (Phi) is 5.05. The number of fused-ring (bicyclic) bond motifs is 2. The monoisotopic (exact) mass is 402 g/mol. The number of amides is 1. The number of hydrogen-bond acceptors (Lipinski definition) is 4. The Morgan fingerprint density at radius 2 is 1.93 bits per heavy atom. The number of carbonyl (C=O) groups excluding carboxylic acids is 1. The van der Waals surface area contributed by atoms with Crippen molar-refractivity contribution in [2.45, 2.75) is 32.0 Å². The van der Waals surface area contributed by atoms with Gasteiger partial charge in [0.25, 0.3) is 5.91 Å². The summed E-state index contributed by atoms with van der Waals surface area (Å²) in [5.74, 6) is 0.832. The lowest BCUT2D eigenvalue weighted by Crippen LogP contribution is -2.46. The van der Waals surface area contributed by atoms with Crippen molar-refractivity contribution in [3.63, 3.8) is 0 Å². The van der Waals surface area contributed by atoms with E-state index in [0.29, 0.717) is 18.7 Å². The Labute approximate surface area is 176 Å². The largest absolute Gasteiger partial charge is 0.493 e. The maximum atomic E-state index is 13.6. The minimum atomic E-state index is -0.329. The standard InChI is InChI=1S/C25H26N2O3/c1-2-29-22-14-13-17-8-3-4-10-19(17)23(22)24-26-21-12-6-5-11-20(21)25(28)27(24)16-18-9-7-15-30-18/h3-6,8,10-14,18,24,26H,2,7,9,15-16H2,1H3. The molecule has 30 heavy (non-hydrogen) atoms. The number of rotatable bonds is 5. The highest BCUT2D eigenvalue weighted by Crippen LogP contribution is 2.41. The molecule has 2 aliphatic heterocycles. The van der Waals surface area contributed by atoms with Crippen LogP contribution in [0, 0.1) is 0 Å². The van der Waals surface area contributed by atoms with Gasteiger partial charge in [-0.05, 0) is 48.7 Å². The first kappa shape index (κ1) is 18.9. The second kappa shape index (κ2) is 8.00. The topological polar surface area (TPSA) is 50.8 Å². The first-order valence-electron chi connectivity index (χ1n) is 10.7. The van der Waals surface area contributed by atoms with E-state index in [9.17, 15) is 4.79 Å². The van der Waals surface area contributed by atoms with Crippen molar-refractivity contribution >= 4 is 22.4 Å². The minimum absolute atomic E-state index is 0.0280. The zero-order valence-electron chi connectivity index (χ0n) is 17.1. The number of benzene rings is 3. The molecule has 2 heterocycles. The molecule has 5 nitrogen and oxygen atoms in total. The zero-order valence-corrected chi connectivity index (χ0v) is 17.1. The minimum Gasteiger partial charge on any atom is -0.493 e. The average molecular weight is 402 g/mol. The molecule has 5 heteroatoms. The number of ether oxygens (including phenoxy) is 2. The Balaban J connectivity index is 1.67. The predicted molar refractivity (Wildman–Crippen MR) is 118 cm³/mol. The van der Waals surface area contributed by atoms with Crippen molar-refractivity contribution in [2.75, 3.05) is 25.1 Å². The molecule has 1 amide bonds. The average Bonchev–Trinajstić information content (AvgIpc) is 3.29. The van der Waals surface area contributed by atoms with Crippen LogP contribution in [0.2, 0.25) is 0 Å². The van der Waals surface area contributed by atoms with E-state index in [1.54, 1.807) is 0 Å². The van der Waals surface area contributed by atoms with Crippen LogP contribution < -0.4 is 10.1 Å². The third-order valence-corrected chi connectivity index (χ3v) is 5.95. The molecular weight excluding hydrogens is 376 g/mol. The van der Waals surface area contributed by atoms with Crippen molar-refractivity contribution in [3.05, 3.63) is 71.8 Å². The SMILES string of the molecule is CCOc1ccc2ccccc2c1C1Nc2ccccc2C(=O)N1CC1CCCO1. The predicted octanol–water partition coefficient (Wildman–Crippen LogP) is 4.98. The summed E-state index contributed by atoms with van der Waals surface area (Å²) in [7, 11) is 0. The third-order valence-electron chi connectivity index (χ3n) is 5.95. The Bertz CT molecular complexity index is 1070. The van der Waals surface area contributed by atoms with Crippen LogP contribution in [0.3, 0.4) is 0 Å². The van der Waals surface area contributed by atoms with Crippen LogP contribution in [-0.4, -0.2) is 36.7 Å². The lowest BCUT2D eigenvalue weighted by atomic mass is 9.97. The Morgan fingerprint density at radius 1 is 1.10 bits per heavy atom. The second-order valence-electron chi connectivity index (χ2n) is 7.82. The highest BCUT2D eigenvalue weighted by atomic mass is 16.5. The van der Waals surface area contributed by atoms with Gasteiger partial charge in [-0.15, -0.1) is 0 Å². The van der Waals surface area contributed by atoms with Crippen LogP contribution in [0.1, 0.15) is 41.9 Å². The highest BCUT2D eigenvalue weighted by molar-refractivity contribution is 6.02. The van der Waals surface area contributed by atoms with Gasteiger partial charge in [0.15, 0.2) is 0 Å². The van der Waals surface area contributed by atoms with Crippen molar-refractivity contribution in [2.24, 2.45) is 0 Å². The summed E-state index contributed by atoms with van der Waals surface area (Å²) in [4.78, 5) is 15.5. The zero-order chi connectivity index (χ0) is 20.5. The quantitative estimate of drug-likeness (QED) is 0.654. The maximum Gasteiger partial charge on any atom is 0.257 e. The van der Waals surface area contributed by atoms with Gasteiger partial charge in [-0.2, -0.15) is 0 Å². The van der Waals surface area contributed by atoms with E-state index >= 15 is 0 Å². The molecule has 0 aromatic heterocycles. The van der Waals surface area contributed by atoms with E-state index in [0.717, 1.165) is 47.2 Å². The van der Waals surface area contributed by atoms with E-state index in [4.69, 9.17) is 9.47 Å². The van der Waals surface area contributed by atoms with Crippen LogP contribution in [0.15, 0.2) is 60.7 Å². The summed E-state index contributed by atoms with van der Waals surface area (Å²) >= 11 is 0. The molecule has 0 saturated carbocycles. The van der Waals surface area contributed by atoms with Gasteiger partial charge in [0.2, 0.25) is 0 Å². The molecule has 0 aliphatic carbocycles. The summed E-state index contributed by atoms with van der Waals surface area (Å²) < 4.78 is 11.9. The number of carbonyl (C=O) groups is 1. The fraction of sp³-hybridized carbons (Fsp3) is 0.320. The van der Waals surface area contributed by atoms with E-state index in [1.165, 1.54) is 0 Å². The summed E-state index contributed by atoms with van der Waals surface area (Å²) in [5.41, 5.74) is 2.55. The number of hydrogen-bond donors (Lipinski definition) is 1. The molecule has 3 aromatic carbocycles. The third kappa shape index (κ3) is 3.29. The van der Waals surface area contributed by atoms with Crippen molar-refractivity contribution in [3.8, 4) is 5.75 Å². The number of anilines is 1. The van der Waals surface area contributed by atoms with Gasteiger partial charge < -0.3 is 19.7 Å². The van der Waals surface area contributed by atoms with Crippen LogP contribution in [0.5, 0.6) is 5.75 Å². The lowest BCUT2D eigenvalue weighted by Gasteiger charge is -2.40. The molecule has 1 N–H and O–H groups in total. The normalized spacial score (nSPS) is 20.8. The van der Waals surface area contributed by atoms with Crippen LogP contribution in [0.25, 0.3) is 10.8 Å². The first-order valence-corrected chi connectivity index (χ1v) is 10.7.